The fraction of sp³-hybridized carbons (Fsp3) is 0.278. The van der Waals surface area contributed by atoms with Crippen LogP contribution in [0.25, 0.3) is 11.0 Å². The Bertz CT molecular complexity index is 1020. The molecule has 0 saturated heterocycles. The number of hydrogen-bond acceptors (Lipinski definition) is 5. The Kier molecular flexibility index (Phi) is 4.31. The summed E-state index contributed by atoms with van der Waals surface area (Å²) in [5, 5.41) is 7.49. The molecule has 130 valence electrons. The molecule has 0 atom stereocenters. The van der Waals surface area contributed by atoms with E-state index in [0.29, 0.717) is 23.3 Å². The average Bonchev–Trinajstić information content (AvgIpc) is 2.84. The Hall–Kier alpha value is -3.09. The number of aromatic nitrogens is 2. The quantitative estimate of drug-likeness (QED) is 0.785. The maximum Gasteiger partial charge on any atom is 0.287 e. The highest BCUT2D eigenvalue weighted by atomic mass is 16.5. The SMILES string of the molecule is COc1ccc2c(=O)cc(C(=O)NCc3c(C)nn(C)c3C)oc2c1. The van der Waals surface area contributed by atoms with E-state index < -0.39 is 5.91 Å². The molecule has 0 spiro atoms. The van der Waals surface area contributed by atoms with E-state index in [1.807, 2.05) is 20.9 Å². The molecule has 0 fully saturated rings. The van der Waals surface area contributed by atoms with Gasteiger partial charge in [-0.2, -0.15) is 5.10 Å². The lowest BCUT2D eigenvalue weighted by Crippen LogP contribution is -2.24. The monoisotopic (exact) mass is 341 g/mol. The zero-order valence-electron chi connectivity index (χ0n) is 14.5. The van der Waals surface area contributed by atoms with Gasteiger partial charge < -0.3 is 14.5 Å². The lowest BCUT2D eigenvalue weighted by atomic mass is 10.2. The van der Waals surface area contributed by atoms with E-state index in [4.69, 9.17) is 9.15 Å². The topological polar surface area (TPSA) is 86.4 Å². The van der Waals surface area contributed by atoms with Crippen LogP contribution in [0.3, 0.4) is 0 Å². The highest BCUT2D eigenvalue weighted by Gasteiger charge is 2.15. The van der Waals surface area contributed by atoms with Crippen LogP contribution >= 0.6 is 0 Å². The van der Waals surface area contributed by atoms with Gasteiger partial charge in [-0.1, -0.05) is 0 Å². The summed E-state index contributed by atoms with van der Waals surface area (Å²) < 4.78 is 12.5. The second-order valence-electron chi connectivity index (χ2n) is 5.79. The molecule has 0 unspecified atom stereocenters. The van der Waals surface area contributed by atoms with Gasteiger partial charge in [-0.25, -0.2) is 0 Å². The molecule has 0 radical (unpaired) electrons. The zero-order chi connectivity index (χ0) is 18.1. The van der Waals surface area contributed by atoms with Gasteiger partial charge in [0.05, 0.1) is 18.2 Å². The van der Waals surface area contributed by atoms with E-state index in [9.17, 15) is 9.59 Å². The minimum atomic E-state index is -0.454. The molecule has 2 heterocycles. The van der Waals surface area contributed by atoms with Gasteiger partial charge in [0.25, 0.3) is 5.91 Å². The zero-order valence-corrected chi connectivity index (χ0v) is 14.5. The summed E-state index contributed by atoms with van der Waals surface area (Å²) in [6, 6.07) is 6.08. The van der Waals surface area contributed by atoms with Crippen LogP contribution in [0.5, 0.6) is 5.75 Å². The standard InChI is InChI=1S/C18H19N3O4/c1-10-14(11(2)21(3)20-10)9-19-18(23)17-8-15(22)13-6-5-12(24-4)7-16(13)25-17/h5-8H,9H2,1-4H3,(H,19,23). The van der Waals surface area contributed by atoms with Crippen LogP contribution in [0.1, 0.15) is 27.5 Å². The summed E-state index contributed by atoms with van der Waals surface area (Å²) >= 11 is 0. The number of benzene rings is 1. The van der Waals surface area contributed by atoms with Gasteiger partial charge in [0.15, 0.2) is 11.2 Å². The van der Waals surface area contributed by atoms with Gasteiger partial charge in [-0.3, -0.25) is 14.3 Å². The minimum Gasteiger partial charge on any atom is -0.497 e. The molecule has 0 aliphatic carbocycles. The second kappa shape index (κ2) is 6.43. The molecule has 7 nitrogen and oxygen atoms in total. The smallest absolute Gasteiger partial charge is 0.287 e. The number of nitrogens with zero attached hydrogens (tertiary/aromatic N) is 2. The summed E-state index contributed by atoms with van der Waals surface area (Å²) in [6.07, 6.45) is 0. The third-order valence-corrected chi connectivity index (χ3v) is 4.24. The molecule has 1 amide bonds. The predicted molar refractivity (Wildman–Crippen MR) is 92.9 cm³/mol. The number of amides is 1. The van der Waals surface area contributed by atoms with Crippen LogP contribution in [-0.2, 0) is 13.6 Å². The molecule has 0 bridgehead atoms. The number of rotatable bonds is 4. The molecule has 2 aromatic heterocycles. The Balaban J connectivity index is 1.88. The molecule has 1 aromatic carbocycles. The van der Waals surface area contributed by atoms with E-state index in [-0.39, 0.29) is 11.2 Å². The molecular formula is C18H19N3O4. The maximum atomic E-state index is 12.4. The van der Waals surface area contributed by atoms with Crippen molar-refractivity contribution in [2.75, 3.05) is 7.11 Å². The third kappa shape index (κ3) is 3.13. The third-order valence-electron chi connectivity index (χ3n) is 4.24. The van der Waals surface area contributed by atoms with Gasteiger partial charge in [0, 0.05) is 37.0 Å². The minimum absolute atomic E-state index is 0.0371. The highest BCUT2D eigenvalue weighted by Crippen LogP contribution is 2.19. The van der Waals surface area contributed by atoms with Crippen molar-refractivity contribution in [3.8, 4) is 5.75 Å². The van der Waals surface area contributed by atoms with Crippen molar-refractivity contribution in [1.82, 2.24) is 15.1 Å². The summed E-state index contributed by atoms with van der Waals surface area (Å²) in [7, 11) is 3.37. The molecule has 0 saturated carbocycles. The Morgan fingerprint density at radius 1 is 1.32 bits per heavy atom. The summed E-state index contributed by atoms with van der Waals surface area (Å²) in [5.41, 5.74) is 2.81. The van der Waals surface area contributed by atoms with Gasteiger partial charge >= 0.3 is 0 Å². The summed E-state index contributed by atoms with van der Waals surface area (Å²) in [5.74, 6) is 0.0595. The van der Waals surface area contributed by atoms with Crippen molar-refractivity contribution < 1.29 is 13.9 Å². The molecule has 0 aliphatic rings. The van der Waals surface area contributed by atoms with Crippen molar-refractivity contribution in [1.29, 1.82) is 0 Å². The fourth-order valence-electron chi connectivity index (χ4n) is 2.70. The average molecular weight is 341 g/mol. The number of nitrogens with one attached hydrogen (secondary N) is 1. The van der Waals surface area contributed by atoms with E-state index in [2.05, 4.69) is 10.4 Å². The van der Waals surface area contributed by atoms with Crippen molar-refractivity contribution in [3.05, 3.63) is 57.2 Å². The molecule has 25 heavy (non-hydrogen) atoms. The van der Waals surface area contributed by atoms with Crippen LogP contribution in [0, 0.1) is 13.8 Å². The Morgan fingerprint density at radius 3 is 2.72 bits per heavy atom. The lowest BCUT2D eigenvalue weighted by Gasteiger charge is -2.07. The first-order valence-electron chi connectivity index (χ1n) is 7.80. The Morgan fingerprint density at radius 2 is 2.08 bits per heavy atom. The van der Waals surface area contributed by atoms with Crippen molar-refractivity contribution in [2.24, 2.45) is 7.05 Å². The molecule has 3 rings (SSSR count). The number of carbonyl (C=O) groups is 1. The summed E-state index contributed by atoms with van der Waals surface area (Å²) in [4.78, 5) is 24.6. The van der Waals surface area contributed by atoms with Crippen LogP contribution < -0.4 is 15.5 Å². The van der Waals surface area contributed by atoms with Gasteiger partial charge in [-0.05, 0) is 26.0 Å². The first-order chi connectivity index (χ1) is 11.9. The Labute approximate surface area is 144 Å². The van der Waals surface area contributed by atoms with E-state index in [1.54, 1.807) is 22.9 Å². The van der Waals surface area contributed by atoms with Crippen LogP contribution in [0.15, 0.2) is 33.5 Å². The predicted octanol–water partition coefficient (Wildman–Crippen LogP) is 2.08. The first kappa shape index (κ1) is 16.8. The van der Waals surface area contributed by atoms with Crippen LogP contribution in [-0.4, -0.2) is 22.8 Å². The largest absolute Gasteiger partial charge is 0.497 e. The highest BCUT2D eigenvalue weighted by molar-refractivity contribution is 5.93. The van der Waals surface area contributed by atoms with Gasteiger partial charge in [0.1, 0.15) is 11.3 Å². The second-order valence-corrected chi connectivity index (χ2v) is 5.79. The number of ether oxygens (including phenoxy) is 1. The van der Waals surface area contributed by atoms with Gasteiger partial charge in [0.2, 0.25) is 0 Å². The fourth-order valence-corrected chi connectivity index (χ4v) is 2.70. The first-order valence-corrected chi connectivity index (χ1v) is 7.80. The normalized spacial score (nSPS) is 10.9. The van der Waals surface area contributed by atoms with Crippen LogP contribution in [0.2, 0.25) is 0 Å². The summed E-state index contributed by atoms with van der Waals surface area (Å²) in [6.45, 7) is 4.13. The van der Waals surface area contributed by atoms with E-state index >= 15 is 0 Å². The van der Waals surface area contributed by atoms with Crippen molar-refractivity contribution in [3.63, 3.8) is 0 Å². The number of methoxy groups -OCH3 is 1. The number of carbonyl (C=O) groups excluding carboxylic acids is 1. The number of hydrogen-bond donors (Lipinski definition) is 1. The lowest BCUT2D eigenvalue weighted by molar-refractivity contribution is 0.0923. The number of fused-ring (bicyclic) bond motifs is 1. The van der Waals surface area contributed by atoms with Gasteiger partial charge in [-0.15, -0.1) is 0 Å². The number of aryl methyl sites for hydroxylation is 2. The van der Waals surface area contributed by atoms with Crippen molar-refractivity contribution >= 4 is 16.9 Å². The van der Waals surface area contributed by atoms with Crippen molar-refractivity contribution in [2.45, 2.75) is 20.4 Å². The molecule has 0 aliphatic heterocycles. The van der Waals surface area contributed by atoms with E-state index in [0.717, 1.165) is 17.0 Å². The van der Waals surface area contributed by atoms with Crippen LogP contribution in [0.4, 0.5) is 0 Å². The molecule has 1 N–H and O–H groups in total. The maximum absolute atomic E-state index is 12.4. The molecular weight excluding hydrogens is 322 g/mol. The molecule has 7 heteroatoms. The molecule has 3 aromatic rings. The van der Waals surface area contributed by atoms with E-state index in [1.165, 1.54) is 13.2 Å².